The van der Waals surface area contributed by atoms with Gasteiger partial charge in [-0.15, -0.1) is 6.42 Å². The Hall–Kier alpha value is -2.20. The maximum atomic E-state index is 5.31. The van der Waals surface area contributed by atoms with E-state index in [0.29, 0.717) is 6.61 Å². The van der Waals surface area contributed by atoms with Crippen LogP contribution in [0.1, 0.15) is 0 Å². The zero-order valence-electron chi connectivity index (χ0n) is 8.89. The largest absolute Gasteiger partial charge is 0.481 e. The molecule has 0 saturated carbocycles. The molecular weight excluding hydrogens is 196 g/mol. The van der Waals surface area contributed by atoms with E-state index in [-0.39, 0.29) is 0 Å². The van der Waals surface area contributed by atoms with Crippen LogP contribution in [0.25, 0.3) is 11.1 Å². The highest BCUT2D eigenvalue weighted by molar-refractivity contribution is 5.63. The lowest BCUT2D eigenvalue weighted by Gasteiger charge is -2.04. The van der Waals surface area contributed by atoms with E-state index in [0.717, 1.165) is 5.75 Å². The van der Waals surface area contributed by atoms with Gasteiger partial charge in [-0.25, -0.2) is 0 Å². The molecule has 0 radical (unpaired) electrons. The van der Waals surface area contributed by atoms with Crippen molar-refractivity contribution >= 4 is 0 Å². The van der Waals surface area contributed by atoms with E-state index in [1.54, 1.807) is 0 Å². The Morgan fingerprint density at radius 2 is 1.50 bits per heavy atom. The van der Waals surface area contributed by atoms with E-state index >= 15 is 0 Å². The SMILES string of the molecule is C#CCOc1ccc(-c2ccccc2)cc1. The van der Waals surface area contributed by atoms with Gasteiger partial charge in [0.1, 0.15) is 12.4 Å². The summed E-state index contributed by atoms with van der Waals surface area (Å²) in [5.74, 6) is 3.24. The van der Waals surface area contributed by atoms with Gasteiger partial charge in [0.2, 0.25) is 0 Å². The monoisotopic (exact) mass is 208 g/mol. The summed E-state index contributed by atoms with van der Waals surface area (Å²) >= 11 is 0. The standard InChI is InChI=1S/C15H12O/c1-2-12-16-15-10-8-14(9-11-15)13-6-4-3-5-7-13/h1,3-11H,12H2. The maximum Gasteiger partial charge on any atom is 0.148 e. The zero-order valence-corrected chi connectivity index (χ0v) is 8.89. The van der Waals surface area contributed by atoms with Crippen molar-refractivity contribution in [2.45, 2.75) is 0 Å². The van der Waals surface area contributed by atoms with Gasteiger partial charge in [-0.2, -0.15) is 0 Å². The molecule has 0 aliphatic carbocycles. The summed E-state index contributed by atoms with van der Waals surface area (Å²) in [6.07, 6.45) is 5.12. The Morgan fingerprint density at radius 1 is 0.875 bits per heavy atom. The van der Waals surface area contributed by atoms with Crippen molar-refractivity contribution in [2.24, 2.45) is 0 Å². The van der Waals surface area contributed by atoms with Crippen molar-refractivity contribution in [3.05, 3.63) is 54.6 Å². The van der Waals surface area contributed by atoms with E-state index in [4.69, 9.17) is 11.2 Å². The first-order valence-electron chi connectivity index (χ1n) is 5.12. The molecule has 0 amide bonds. The van der Waals surface area contributed by atoms with Gasteiger partial charge in [0.05, 0.1) is 0 Å². The van der Waals surface area contributed by atoms with Crippen LogP contribution in [0.5, 0.6) is 5.75 Å². The van der Waals surface area contributed by atoms with Crippen LogP contribution in [-0.4, -0.2) is 6.61 Å². The van der Waals surface area contributed by atoms with Gasteiger partial charge >= 0.3 is 0 Å². The molecule has 0 saturated heterocycles. The smallest absolute Gasteiger partial charge is 0.148 e. The van der Waals surface area contributed by atoms with E-state index in [1.807, 2.05) is 42.5 Å². The molecular formula is C15H12O. The van der Waals surface area contributed by atoms with Crippen LogP contribution in [0.15, 0.2) is 54.6 Å². The lowest BCUT2D eigenvalue weighted by molar-refractivity contribution is 0.370. The van der Waals surface area contributed by atoms with Gasteiger partial charge in [-0.1, -0.05) is 48.4 Å². The van der Waals surface area contributed by atoms with E-state index in [1.165, 1.54) is 11.1 Å². The molecule has 0 fully saturated rings. The van der Waals surface area contributed by atoms with Crippen LogP contribution in [0.2, 0.25) is 0 Å². The second kappa shape index (κ2) is 5.04. The molecule has 2 aromatic rings. The van der Waals surface area contributed by atoms with Gasteiger partial charge in [-0.05, 0) is 23.3 Å². The molecule has 2 aromatic carbocycles. The molecule has 0 bridgehead atoms. The molecule has 78 valence electrons. The minimum atomic E-state index is 0.310. The van der Waals surface area contributed by atoms with E-state index < -0.39 is 0 Å². The first-order chi connectivity index (χ1) is 7.90. The van der Waals surface area contributed by atoms with Crippen molar-refractivity contribution in [3.8, 4) is 29.2 Å². The zero-order chi connectivity index (χ0) is 11.2. The van der Waals surface area contributed by atoms with Crippen molar-refractivity contribution < 1.29 is 4.74 Å². The molecule has 2 rings (SSSR count). The number of rotatable bonds is 3. The fourth-order valence-electron chi connectivity index (χ4n) is 1.50. The second-order valence-corrected chi connectivity index (χ2v) is 3.38. The van der Waals surface area contributed by atoms with Gasteiger partial charge in [-0.3, -0.25) is 0 Å². The van der Waals surface area contributed by atoms with Crippen LogP contribution < -0.4 is 4.74 Å². The summed E-state index contributed by atoms with van der Waals surface area (Å²) in [6, 6.07) is 18.1. The third-order valence-electron chi connectivity index (χ3n) is 2.28. The molecule has 0 aliphatic rings. The third-order valence-corrected chi connectivity index (χ3v) is 2.28. The maximum absolute atomic E-state index is 5.31. The van der Waals surface area contributed by atoms with Crippen LogP contribution in [-0.2, 0) is 0 Å². The Balaban J connectivity index is 2.17. The molecule has 0 spiro atoms. The van der Waals surface area contributed by atoms with Crippen molar-refractivity contribution in [1.29, 1.82) is 0 Å². The summed E-state index contributed by atoms with van der Waals surface area (Å²) in [6.45, 7) is 0.310. The Bertz CT molecular complexity index is 477. The topological polar surface area (TPSA) is 9.23 Å². The van der Waals surface area contributed by atoms with Crippen molar-refractivity contribution in [3.63, 3.8) is 0 Å². The highest BCUT2D eigenvalue weighted by atomic mass is 16.5. The molecule has 1 heteroatoms. The van der Waals surface area contributed by atoms with Gasteiger partial charge in [0.15, 0.2) is 0 Å². The minimum Gasteiger partial charge on any atom is -0.481 e. The van der Waals surface area contributed by atoms with Gasteiger partial charge in [0, 0.05) is 0 Å². The molecule has 1 nitrogen and oxygen atoms in total. The average Bonchev–Trinajstić information content (AvgIpc) is 2.38. The van der Waals surface area contributed by atoms with E-state index in [2.05, 4.69) is 18.1 Å². The summed E-state index contributed by atoms with van der Waals surface area (Å²) < 4.78 is 5.31. The van der Waals surface area contributed by atoms with Crippen LogP contribution >= 0.6 is 0 Å². The summed E-state index contributed by atoms with van der Waals surface area (Å²) in [4.78, 5) is 0. The Morgan fingerprint density at radius 3 is 2.12 bits per heavy atom. The Labute approximate surface area is 95.7 Å². The van der Waals surface area contributed by atoms with Gasteiger partial charge in [0.25, 0.3) is 0 Å². The van der Waals surface area contributed by atoms with Crippen LogP contribution in [0.4, 0.5) is 0 Å². The first kappa shape index (κ1) is 10.3. The molecule has 0 unspecified atom stereocenters. The second-order valence-electron chi connectivity index (χ2n) is 3.38. The number of benzene rings is 2. The van der Waals surface area contributed by atoms with Crippen molar-refractivity contribution in [1.82, 2.24) is 0 Å². The summed E-state index contributed by atoms with van der Waals surface area (Å²) in [5.41, 5.74) is 2.37. The number of terminal acetylenes is 1. The number of hydrogen-bond donors (Lipinski definition) is 0. The van der Waals surface area contributed by atoms with Crippen molar-refractivity contribution in [2.75, 3.05) is 6.61 Å². The first-order valence-corrected chi connectivity index (χ1v) is 5.12. The summed E-state index contributed by atoms with van der Waals surface area (Å²) in [5, 5.41) is 0. The molecule has 16 heavy (non-hydrogen) atoms. The number of ether oxygens (including phenoxy) is 1. The lowest BCUT2D eigenvalue weighted by atomic mass is 10.1. The normalized spacial score (nSPS) is 9.44. The quantitative estimate of drug-likeness (QED) is 0.703. The summed E-state index contributed by atoms with van der Waals surface area (Å²) in [7, 11) is 0. The molecule has 0 aromatic heterocycles. The molecule has 0 atom stereocenters. The van der Waals surface area contributed by atoms with E-state index in [9.17, 15) is 0 Å². The predicted molar refractivity (Wildman–Crippen MR) is 66.2 cm³/mol. The van der Waals surface area contributed by atoms with Crippen LogP contribution in [0.3, 0.4) is 0 Å². The predicted octanol–water partition coefficient (Wildman–Crippen LogP) is 3.37. The number of hydrogen-bond acceptors (Lipinski definition) is 1. The van der Waals surface area contributed by atoms with Gasteiger partial charge < -0.3 is 4.74 Å². The third kappa shape index (κ3) is 2.43. The Kier molecular flexibility index (Phi) is 3.25. The fourth-order valence-corrected chi connectivity index (χ4v) is 1.50. The molecule has 0 N–H and O–H groups in total. The van der Waals surface area contributed by atoms with Crippen LogP contribution in [0, 0.1) is 12.3 Å². The lowest BCUT2D eigenvalue weighted by Crippen LogP contribution is -1.92. The average molecular weight is 208 g/mol. The minimum absolute atomic E-state index is 0.310. The fraction of sp³-hybridized carbons (Fsp3) is 0.0667. The highest BCUT2D eigenvalue weighted by Crippen LogP contribution is 2.21. The molecule has 0 heterocycles. The highest BCUT2D eigenvalue weighted by Gasteiger charge is 1.97. The molecule has 0 aliphatic heterocycles.